The van der Waals surface area contributed by atoms with Crippen LogP contribution in [0.2, 0.25) is 0 Å². The summed E-state index contributed by atoms with van der Waals surface area (Å²) in [5.41, 5.74) is -0.0737. The van der Waals surface area contributed by atoms with Crippen molar-refractivity contribution in [1.82, 2.24) is 0 Å². The lowest BCUT2D eigenvalue weighted by molar-refractivity contribution is 0.0761. The maximum absolute atomic E-state index is 10.2. The molecule has 0 atom stereocenters. The Hall–Kier alpha value is 0.0600. The van der Waals surface area contributed by atoms with Gasteiger partial charge in [-0.05, 0) is 25.7 Å². The van der Waals surface area contributed by atoms with Gasteiger partial charge in [-0.2, -0.15) is 0 Å². The van der Waals surface area contributed by atoms with Crippen molar-refractivity contribution in [3.8, 4) is 0 Å². The first-order valence-electron chi connectivity index (χ1n) is 3.78. The monoisotopic (exact) mass is 176 g/mol. The molecule has 3 heteroatoms. The topological polar surface area (TPSA) is 26.3 Å². The fraction of sp³-hybridized carbons (Fsp3) is 1.00. The minimum atomic E-state index is -0.290. The molecule has 0 radical (unpaired) electrons. The van der Waals surface area contributed by atoms with Crippen molar-refractivity contribution < 1.29 is 9.09 Å². The van der Waals surface area contributed by atoms with E-state index in [-0.39, 0.29) is 19.7 Å². The molecule has 0 fully saturated rings. The number of hydrogen-bond donors (Lipinski definition) is 0. The molecular formula is C8H17O2P. The van der Waals surface area contributed by atoms with Crippen LogP contribution in [0.15, 0.2) is 0 Å². The number of rotatable bonds is 3. The zero-order valence-electron chi connectivity index (χ0n) is 7.97. The minimum absolute atomic E-state index is 0.216. The van der Waals surface area contributed by atoms with Gasteiger partial charge in [0.1, 0.15) is 0 Å². The third-order valence-electron chi connectivity index (χ3n) is 1.24. The third-order valence-corrected chi connectivity index (χ3v) is 1.81. The van der Waals surface area contributed by atoms with Gasteiger partial charge in [-0.1, -0.05) is 20.8 Å². The summed E-state index contributed by atoms with van der Waals surface area (Å²) >= 11 is 0. The van der Waals surface area contributed by atoms with Crippen LogP contribution in [0.4, 0.5) is 0 Å². The molecule has 0 aliphatic carbocycles. The molecular weight excluding hydrogens is 159 g/mol. The Kier molecular flexibility index (Phi) is 3.66. The Morgan fingerprint density at radius 2 is 1.64 bits per heavy atom. The highest BCUT2D eigenvalue weighted by molar-refractivity contribution is 7.17. The van der Waals surface area contributed by atoms with Gasteiger partial charge in [0.05, 0.1) is 5.60 Å². The molecule has 2 nitrogen and oxygen atoms in total. The van der Waals surface area contributed by atoms with Crippen LogP contribution in [0, 0.1) is 5.41 Å². The first-order valence-corrected chi connectivity index (χ1v) is 4.51. The van der Waals surface area contributed by atoms with E-state index in [2.05, 4.69) is 20.8 Å². The minimum Gasteiger partial charge on any atom is -0.288 e. The second-order valence-corrected chi connectivity index (χ2v) is 4.99. The second-order valence-electron chi connectivity index (χ2n) is 4.66. The van der Waals surface area contributed by atoms with Crippen molar-refractivity contribution in [1.29, 1.82) is 0 Å². The molecule has 0 aromatic rings. The van der Waals surface area contributed by atoms with Crippen LogP contribution in [0.1, 0.15) is 41.0 Å². The molecule has 0 heterocycles. The molecule has 0 saturated carbocycles. The van der Waals surface area contributed by atoms with Gasteiger partial charge < -0.3 is 0 Å². The molecule has 0 spiro atoms. The van der Waals surface area contributed by atoms with Crippen LogP contribution in [0.25, 0.3) is 0 Å². The predicted molar refractivity (Wildman–Crippen MR) is 46.8 cm³/mol. The Bertz CT molecular complexity index is 136. The van der Waals surface area contributed by atoms with Gasteiger partial charge in [0.15, 0.2) is 0 Å². The standard InChI is InChI=1S/C8H17O2P/c1-7(2,3)6-8(4,5)10-11-9/h6H2,1-5H3. The highest BCUT2D eigenvalue weighted by atomic mass is 31.1. The van der Waals surface area contributed by atoms with Crippen molar-refractivity contribution in [3.05, 3.63) is 0 Å². The van der Waals surface area contributed by atoms with Gasteiger partial charge in [0, 0.05) is 0 Å². The van der Waals surface area contributed by atoms with E-state index in [9.17, 15) is 4.57 Å². The van der Waals surface area contributed by atoms with Gasteiger partial charge in [0.25, 0.3) is 0 Å². The molecule has 0 aliphatic rings. The van der Waals surface area contributed by atoms with E-state index >= 15 is 0 Å². The summed E-state index contributed by atoms with van der Waals surface area (Å²) in [7, 11) is -0.228. The summed E-state index contributed by atoms with van der Waals surface area (Å²) < 4.78 is 15.2. The molecule has 0 aromatic carbocycles. The lowest BCUT2D eigenvalue weighted by Crippen LogP contribution is -2.27. The average molecular weight is 176 g/mol. The van der Waals surface area contributed by atoms with Gasteiger partial charge in [0.2, 0.25) is 0 Å². The van der Waals surface area contributed by atoms with Crippen molar-refractivity contribution in [2.45, 2.75) is 46.6 Å². The van der Waals surface area contributed by atoms with Gasteiger partial charge >= 0.3 is 8.69 Å². The maximum Gasteiger partial charge on any atom is 0.327 e. The van der Waals surface area contributed by atoms with E-state index in [1.165, 1.54) is 0 Å². The molecule has 0 amide bonds. The van der Waals surface area contributed by atoms with Crippen molar-refractivity contribution in [3.63, 3.8) is 0 Å². The highest BCUT2D eigenvalue weighted by Gasteiger charge is 2.26. The van der Waals surface area contributed by atoms with Crippen LogP contribution in [-0.2, 0) is 9.09 Å². The van der Waals surface area contributed by atoms with E-state index in [0.29, 0.717) is 0 Å². The van der Waals surface area contributed by atoms with Gasteiger partial charge in [-0.15, -0.1) is 0 Å². The SMILES string of the molecule is CC(C)(C)CC(C)(C)OP=O. The van der Waals surface area contributed by atoms with E-state index in [4.69, 9.17) is 4.52 Å². The molecule has 11 heavy (non-hydrogen) atoms. The summed E-state index contributed by atoms with van der Waals surface area (Å²) in [5.74, 6) is 0. The molecule has 0 bridgehead atoms. The van der Waals surface area contributed by atoms with Crippen LogP contribution >= 0.6 is 8.69 Å². The summed E-state index contributed by atoms with van der Waals surface area (Å²) in [5, 5.41) is 0. The smallest absolute Gasteiger partial charge is 0.288 e. The summed E-state index contributed by atoms with van der Waals surface area (Å²) in [4.78, 5) is 0. The van der Waals surface area contributed by atoms with Crippen LogP contribution in [0.3, 0.4) is 0 Å². The largest absolute Gasteiger partial charge is 0.327 e. The fourth-order valence-corrected chi connectivity index (χ4v) is 1.68. The second kappa shape index (κ2) is 3.64. The van der Waals surface area contributed by atoms with Gasteiger partial charge in [-0.25, -0.2) is 4.57 Å². The lowest BCUT2D eigenvalue weighted by Gasteiger charge is -2.29. The Balaban J connectivity index is 4.00. The normalized spacial score (nSPS) is 13.9. The molecule has 0 aromatic heterocycles. The quantitative estimate of drug-likeness (QED) is 0.616. The Morgan fingerprint density at radius 3 is 1.91 bits per heavy atom. The maximum atomic E-state index is 10.2. The van der Waals surface area contributed by atoms with E-state index in [0.717, 1.165) is 6.42 Å². The summed E-state index contributed by atoms with van der Waals surface area (Å²) in [6.45, 7) is 10.3. The molecule has 0 rings (SSSR count). The van der Waals surface area contributed by atoms with Crippen molar-refractivity contribution in [2.75, 3.05) is 0 Å². The predicted octanol–water partition coefficient (Wildman–Crippen LogP) is 3.42. The molecule has 0 unspecified atom stereocenters. The molecule has 0 saturated heterocycles. The van der Waals surface area contributed by atoms with Crippen molar-refractivity contribution in [2.24, 2.45) is 5.41 Å². The third kappa shape index (κ3) is 6.46. The zero-order valence-corrected chi connectivity index (χ0v) is 8.87. The van der Waals surface area contributed by atoms with E-state index < -0.39 is 0 Å². The number of hydrogen-bond acceptors (Lipinski definition) is 2. The van der Waals surface area contributed by atoms with Crippen LogP contribution in [-0.4, -0.2) is 5.60 Å². The Morgan fingerprint density at radius 1 is 1.18 bits per heavy atom. The van der Waals surface area contributed by atoms with Gasteiger partial charge in [-0.3, -0.25) is 4.52 Å². The van der Waals surface area contributed by atoms with Crippen LogP contribution < -0.4 is 0 Å². The summed E-state index contributed by atoms with van der Waals surface area (Å²) in [6.07, 6.45) is 0.898. The fourth-order valence-electron chi connectivity index (χ4n) is 1.41. The molecule has 66 valence electrons. The molecule has 0 aliphatic heterocycles. The zero-order chi connectivity index (χ0) is 9.12. The first kappa shape index (κ1) is 11.1. The summed E-state index contributed by atoms with van der Waals surface area (Å²) in [6, 6.07) is 0. The Labute approximate surface area is 70.6 Å². The van der Waals surface area contributed by atoms with Crippen molar-refractivity contribution >= 4 is 8.69 Å². The first-order chi connectivity index (χ1) is 4.77. The highest BCUT2D eigenvalue weighted by Crippen LogP contribution is 2.31. The van der Waals surface area contributed by atoms with E-state index in [1.54, 1.807) is 0 Å². The van der Waals surface area contributed by atoms with Crippen LogP contribution in [0.5, 0.6) is 0 Å². The van der Waals surface area contributed by atoms with E-state index in [1.807, 2.05) is 13.8 Å². The lowest BCUT2D eigenvalue weighted by atomic mass is 9.84. The molecule has 0 N–H and O–H groups in total. The average Bonchev–Trinajstić information content (AvgIpc) is 1.55.